The van der Waals surface area contributed by atoms with Crippen molar-refractivity contribution in [3.63, 3.8) is 0 Å². The molecule has 1 rings (SSSR count). The molecule has 0 bridgehead atoms. The molecule has 116 valence electrons. The first kappa shape index (κ1) is 16.8. The molecule has 1 saturated carbocycles. The molecule has 20 heavy (non-hydrogen) atoms. The number of ether oxygens (including phenoxy) is 1. The minimum atomic E-state index is -0.723. The monoisotopic (exact) mass is 285 g/mol. The van der Waals surface area contributed by atoms with Crippen LogP contribution < -0.4 is 5.32 Å². The first-order valence-corrected chi connectivity index (χ1v) is 7.39. The van der Waals surface area contributed by atoms with Crippen molar-refractivity contribution in [3.8, 4) is 0 Å². The number of aliphatic carboxylic acids is 1. The predicted molar refractivity (Wildman–Crippen MR) is 76.5 cm³/mol. The zero-order valence-corrected chi connectivity index (χ0v) is 12.9. The second kappa shape index (κ2) is 6.95. The molecule has 2 N–H and O–H groups in total. The summed E-state index contributed by atoms with van der Waals surface area (Å²) in [5, 5.41) is 11.8. The van der Waals surface area contributed by atoms with Crippen LogP contribution in [-0.2, 0) is 9.53 Å². The molecule has 0 heterocycles. The summed E-state index contributed by atoms with van der Waals surface area (Å²) < 4.78 is 5.24. The van der Waals surface area contributed by atoms with Crippen LogP contribution in [0.1, 0.15) is 59.8 Å². The fraction of sp³-hybridized carbons (Fsp3) is 0.867. The number of carboxylic acid groups (broad SMARTS) is 1. The van der Waals surface area contributed by atoms with E-state index in [0.717, 1.165) is 32.1 Å². The molecule has 0 spiro atoms. The number of amides is 1. The van der Waals surface area contributed by atoms with E-state index in [-0.39, 0.29) is 18.1 Å². The van der Waals surface area contributed by atoms with Crippen LogP contribution in [0.15, 0.2) is 0 Å². The van der Waals surface area contributed by atoms with Crippen LogP contribution in [0.5, 0.6) is 0 Å². The lowest BCUT2D eigenvalue weighted by atomic mass is 9.81. The molecule has 0 aromatic heterocycles. The van der Waals surface area contributed by atoms with Crippen molar-refractivity contribution in [1.29, 1.82) is 0 Å². The third kappa shape index (κ3) is 6.26. The molecule has 1 fully saturated rings. The minimum absolute atomic E-state index is 0.154. The van der Waals surface area contributed by atoms with Crippen LogP contribution in [0.4, 0.5) is 4.79 Å². The quantitative estimate of drug-likeness (QED) is 0.831. The van der Waals surface area contributed by atoms with Crippen molar-refractivity contribution in [2.24, 2.45) is 11.8 Å². The van der Waals surface area contributed by atoms with Gasteiger partial charge < -0.3 is 15.2 Å². The Labute approximate surface area is 121 Å². The molecular formula is C15H27NO4. The van der Waals surface area contributed by atoms with Gasteiger partial charge in [0.25, 0.3) is 0 Å². The van der Waals surface area contributed by atoms with Crippen LogP contribution >= 0.6 is 0 Å². The highest BCUT2D eigenvalue weighted by atomic mass is 16.6. The van der Waals surface area contributed by atoms with E-state index in [1.807, 2.05) is 20.8 Å². The normalized spacial score (nSPS) is 24.8. The molecule has 1 unspecified atom stereocenters. The summed E-state index contributed by atoms with van der Waals surface area (Å²) in [5.41, 5.74) is -0.474. The van der Waals surface area contributed by atoms with Crippen LogP contribution in [0.25, 0.3) is 0 Å². The predicted octanol–water partition coefficient (Wildman–Crippen LogP) is 3.18. The van der Waals surface area contributed by atoms with Crippen LogP contribution in [0.3, 0.4) is 0 Å². The maximum absolute atomic E-state index is 11.7. The van der Waals surface area contributed by atoms with Crippen molar-refractivity contribution < 1.29 is 19.4 Å². The molecule has 5 heteroatoms. The van der Waals surface area contributed by atoms with Crippen LogP contribution in [0, 0.1) is 11.8 Å². The fourth-order valence-corrected chi connectivity index (χ4v) is 2.62. The summed E-state index contributed by atoms with van der Waals surface area (Å²) in [7, 11) is 0. The molecule has 1 atom stereocenters. The average Bonchev–Trinajstić information content (AvgIpc) is 2.28. The summed E-state index contributed by atoms with van der Waals surface area (Å²) in [6.07, 6.45) is 4.11. The second-order valence-electron chi connectivity index (χ2n) is 6.84. The standard InChI is InChI=1S/C15H27NO4/c1-10(13(17)18)9-11-5-7-12(8-6-11)16-14(19)20-15(2,3)4/h10-12H,5-9H2,1-4H3,(H,16,19)(H,17,18). The fourth-order valence-electron chi connectivity index (χ4n) is 2.62. The summed E-state index contributed by atoms with van der Waals surface area (Å²) in [4.78, 5) is 22.5. The van der Waals surface area contributed by atoms with E-state index in [1.165, 1.54) is 0 Å². The van der Waals surface area contributed by atoms with Gasteiger partial charge in [0, 0.05) is 6.04 Å². The summed E-state index contributed by atoms with van der Waals surface area (Å²) in [6, 6.07) is 0.154. The van der Waals surface area contributed by atoms with Gasteiger partial charge in [-0.2, -0.15) is 0 Å². The van der Waals surface area contributed by atoms with Gasteiger partial charge in [0.2, 0.25) is 0 Å². The molecule has 1 aliphatic carbocycles. The van der Waals surface area contributed by atoms with E-state index in [2.05, 4.69) is 5.32 Å². The molecular weight excluding hydrogens is 258 g/mol. The van der Waals surface area contributed by atoms with E-state index in [1.54, 1.807) is 6.92 Å². The topological polar surface area (TPSA) is 75.6 Å². The molecule has 0 aliphatic heterocycles. The number of carboxylic acids is 1. The lowest BCUT2D eigenvalue weighted by Gasteiger charge is -2.30. The van der Waals surface area contributed by atoms with Gasteiger partial charge in [-0.15, -0.1) is 0 Å². The Bertz CT molecular complexity index is 340. The van der Waals surface area contributed by atoms with Gasteiger partial charge in [0.15, 0.2) is 0 Å². The smallest absolute Gasteiger partial charge is 0.407 e. The van der Waals surface area contributed by atoms with Crippen molar-refractivity contribution in [2.75, 3.05) is 0 Å². The molecule has 0 aromatic carbocycles. The zero-order chi connectivity index (χ0) is 15.3. The molecule has 1 aliphatic rings. The van der Waals surface area contributed by atoms with Crippen LogP contribution in [-0.4, -0.2) is 28.8 Å². The summed E-state index contributed by atoms with van der Waals surface area (Å²) in [5.74, 6) is -0.549. The molecule has 0 radical (unpaired) electrons. The van der Waals surface area contributed by atoms with Gasteiger partial charge in [0.05, 0.1) is 5.92 Å². The number of hydrogen-bond acceptors (Lipinski definition) is 3. The number of alkyl carbamates (subject to hydrolysis) is 1. The highest BCUT2D eigenvalue weighted by Gasteiger charge is 2.26. The summed E-state index contributed by atoms with van der Waals surface area (Å²) >= 11 is 0. The largest absolute Gasteiger partial charge is 0.481 e. The Morgan fingerprint density at radius 3 is 2.25 bits per heavy atom. The second-order valence-corrected chi connectivity index (χ2v) is 6.84. The van der Waals surface area contributed by atoms with E-state index in [9.17, 15) is 9.59 Å². The molecule has 0 aromatic rings. The lowest BCUT2D eigenvalue weighted by Crippen LogP contribution is -2.41. The number of hydrogen-bond donors (Lipinski definition) is 2. The molecule has 0 saturated heterocycles. The highest BCUT2D eigenvalue weighted by Crippen LogP contribution is 2.29. The number of carbonyl (C=O) groups is 2. The first-order valence-electron chi connectivity index (χ1n) is 7.39. The minimum Gasteiger partial charge on any atom is -0.481 e. The van der Waals surface area contributed by atoms with Gasteiger partial charge in [0.1, 0.15) is 5.60 Å². The molecule has 1 amide bonds. The molecule has 5 nitrogen and oxygen atoms in total. The highest BCUT2D eigenvalue weighted by molar-refractivity contribution is 5.69. The van der Waals surface area contributed by atoms with Crippen LogP contribution in [0.2, 0.25) is 0 Å². The Kier molecular flexibility index (Phi) is 5.84. The van der Waals surface area contributed by atoms with Gasteiger partial charge in [-0.3, -0.25) is 4.79 Å². The maximum atomic E-state index is 11.7. The van der Waals surface area contributed by atoms with Gasteiger partial charge >= 0.3 is 12.1 Å². The Morgan fingerprint density at radius 2 is 1.80 bits per heavy atom. The van der Waals surface area contributed by atoms with E-state index in [0.29, 0.717) is 5.92 Å². The lowest BCUT2D eigenvalue weighted by molar-refractivity contribution is -0.141. The third-order valence-corrected chi connectivity index (χ3v) is 3.68. The third-order valence-electron chi connectivity index (χ3n) is 3.68. The summed E-state index contributed by atoms with van der Waals surface area (Å²) in [6.45, 7) is 7.29. The maximum Gasteiger partial charge on any atom is 0.407 e. The van der Waals surface area contributed by atoms with Gasteiger partial charge in [-0.25, -0.2) is 4.79 Å². The number of nitrogens with one attached hydrogen (secondary N) is 1. The Morgan fingerprint density at radius 1 is 1.25 bits per heavy atom. The van der Waals surface area contributed by atoms with E-state index >= 15 is 0 Å². The van der Waals surface area contributed by atoms with Crippen molar-refractivity contribution in [3.05, 3.63) is 0 Å². The van der Waals surface area contributed by atoms with Crippen molar-refractivity contribution >= 4 is 12.1 Å². The average molecular weight is 285 g/mol. The van der Waals surface area contributed by atoms with Gasteiger partial charge in [-0.05, 0) is 58.8 Å². The van der Waals surface area contributed by atoms with Crippen molar-refractivity contribution in [1.82, 2.24) is 5.32 Å². The van der Waals surface area contributed by atoms with E-state index in [4.69, 9.17) is 9.84 Å². The zero-order valence-electron chi connectivity index (χ0n) is 12.9. The number of rotatable bonds is 4. The van der Waals surface area contributed by atoms with Gasteiger partial charge in [-0.1, -0.05) is 6.92 Å². The first-order chi connectivity index (χ1) is 9.17. The van der Waals surface area contributed by atoms with E-state index < -0.39 is 11.6 Å². The van der Waals surface area contributed by atoms with Crippen molar-refractivity contribution in [2.45, 2.75) is 71.4 Å². The SMILES string of the molecule is CC(CC1CCC(NC(=O)OC(C)(C)C)CC1)C(=O)O. The number of carbonyl (C=O) groups excluding carboxylic acids is 1. The Balaban J connectivity index is 2.29. The Hall–Kier alpha value is -1.26.